The lowest BCUT2D eigenvalue weighted by Crippen LogP contribution is -2.38. The highest BCUT2D eigenvalue weighted by molar-refractivity contribution is 5.95. The van der Waals surface area contributed by atoms with Crippen molar-refractivity contribution in [3.05, 3.63) is 53.5 Å². The third-order valence-corrected chi connectivity index (χ3v) is 5.75. The van der Waals surface area contributed by atoms with Crippen molar-refractivity contribution >= 4 is 5.84 Å². The zero-order chi connectivity index (χ0) is 17.7. The summed E-state index contributed by atoms with van der Waals surface area (Å²) < 4.78 is 13.9. The van der Waals surface area contributed by atoms with E-state index in [0.717, 1.165) is 55.3 Å². The smallest absolute Gasteiger partial charge is 0.146 e. The first-order chi connectivity index (χ1) is 12.7. The Morgan fingerprint density at radius 3 is 2.96 bits per heavy atom. The molecule has 4 heterocycles. The summed E-state index contributed by atoms with van der Waals surface area (Å²) >= 11 is 0. The Morgan fingerprint density at radius 1 is 1.27 bits per heavy atom. The van der Waals surface area contributed by atoms with Gasteiger partial charge in [0.25, 0.3) is 0 Å². The molecule has 5 nitrogen and oxygen atoms in total. The molecule has 1 saturated carbocycles. The highest BCUT2D eigenvalue weighted by atomic mass is 19.1. The molecule has 0 bridgehead atoms. The van der Waals surface area contributed by atoms with E-state index in [1.54, 1.807) is 6.07 Å². The van der Waals surface area contributed by atoms with Crippen LogP contribution in [0.15, 0.2) is 41.4 Å². The van der Waals surface area contributed by atoms with E-state index in [1.165, 1.54) is 19.0 Å². The Bertz CT molecular complexity index is 810. The van der Waals surface area contributed by atoms with Crippen molar-refractivity contribution in [1.29, 1.82) is 0 Å². The lowest BCUT2D eigenvalue weighted by molar-refractivity contribution is 0.0786. The predicted octanol–water partition coefficient (Wildman–Crippen LogP) is 3.38. The molecule has 1 aromatic rings. The van der Waals surface area contributed by atoms with Gasteiger partial charge < -0.3 is 4.90 Å². The Balaban J connectivity index is 1.43. The number of fused-ring (bicyclic) bond motifs is 1. The molecule has 4 aliphatic rings. The Hall–Kier alpha value is -2.21. The monoisotopic (exact) mass is 353 g/mol. The molecule has 0 radical (unpaired) electrons. The van der Waals surface area contributed by atoms with Gasteiger partial charge in [-0.2, -0.15) is 0 Å². The van der Waals surface area contributed by atoms with Gasteiger partial charge in [0.1, 0.15) is 17.5 Å². The predicted molar refractivity (Wildman–Crippen MR) is 98.5 cm³/mol. The van der Waals surface area contributed by atoms with Gasteiger partial charge in [0.15, 0.2) is 0 Å². The number of rotatable bonds is 3. The molecular formula is C20H24FN5. The number of hydrogen-bond acceptors (Lipinski definition) is 5. The lowest BCUT2D eigenvalue weighted by atomic mass is 10.0. The molecule has 26 heavy (non-hydrogen) atoms. The van der Waals surface area contributed by atoms with Crippen LogP contribution in [0.3, 0.4) is 0 Å². The normalized spacial score (nSPS) is 25.5. The Kier molecular flexibility index (Phi) is 3.81. The average Bonchev–Trinajstić information content (AvgIpc) is 3.23. The number of pyridine rings is 1. The van der Waals surface area contributed by atoms with Crippen molar-refractivity contribution in [2.45, 2.75) is 51.1 Å². The summed E-state index contributed by atoms with van der Waals surface area (Å²) in [6.45, 7) is 3.97. The number of aromatic nitrogens is 1. The second kappa shape index (κ2) is 6.20. The standard InChI is InChI=1S/C20H24FN5/c1-2-17-16(12-14(21)13-22-17)18-4-3-9-24(18)19-7-11-26-20(23-19)8-10-25(26)15-5-6-15/h7-8,11-13,15,18H,2-6,9-10H2,1H3. The van der Waals surface area contributed by atoms with Crippen LogP contribution in [0.1, 0.15) is 49.9 Å². The molecule has 2 fully saturated rings. The first-order valence-corrected chi connectivity index (χ1v) is 9.68. The number of aryl methyl sites for hydroxylation is 1. The quantitative estimate of drug-likeness (QED) is 0.834. The van der Waals surface area contributed by atoms with Crippen molar-refractivity contribution in [1.82, 2.24) is 19.9 Å². The summed E-state index contributed by atoms with van der Waals surface area (Å²) in [5.41, 5.74) is 2.01. The van der Waals surface area contributed by atoms with E-state index >= 15 is 0 Å². The van der Waals surface area contributed by atoms with Crippen LogP contribution in [-0.2, 0) is 6.42 Å². The van der Waals surface area contributed by atoms with E-state index in [1.807, 2.05) is 0 Å². The van der Waals surface area contributed by atoms with E-state index in [9.17, 15) is 4.39 Å². The highest BCUT2D eigenvalue weighted by Crippen LogP contribution is 2.37. The zero-order valence-electron chi connectivity index (χ0n) is 15.1. The first kappa shape index (κ1) is 16.0. The average molecular weight is 353 g/mol. The number of nitrogens with zero attached hydrogens (tertiary/aromatic N) is 5. The Labute approximate surface area is 153 Å². The molecule has 1 saturated heterocycles. The van der Waals surface area contributed by atoms with E-state index in [4.69, 9.17) is 4.99 Å². The molecule has 1 unspecified atom stereocenters. The summed E-state index contributed by atoms with van der Waals surface area (Å²) in [6.07, 6.45) is 13.3. The minimum Gasteiger partial charge on any atom is -0.349 e. The van der Waals surface area contributed by atoms with Crippen LogP contribution in [-0.4, -0.2) is 44.9 Å². The summed E-state index contributed by atoms with van der Waals surface area (Å²) in [4.78, 5) is 11.6. The van der Waals surface area contributed by atoms with Gasteiger partial charge in [-0.1, -0.05) is 6.92 Å². The largest absolute Gasteiger partial charge is 0.349 e. The van der Waals surface area contributed by atoms with Gasteiger partial charge in [-0.25, -0.2) is 14.4 Å². The summed E-state index contributed by atoms with van der Waals surface area (Å²) in [6, 6.07) is 2.50. The van der Waals surface area contributed by atoms with E-state index in [-0.39, 0.29) is 11.9 Å². The SMILES string of the molecule is CCc1ncc(F)cc1C1CCCN1C1=NC2=CCN(C3CC3)N2C=C1. The summed E-state index contributed by atoms with van der Waals surface area (Å²) in [5.74, 6) is 1.75. The van der Waals surface area contributed by atoms with Gasteiger partial charge in [-0.3, -0.25) is 9.99 Å². The Morgan fingerprint density at radius 2 is 2.15 bits per heavy atom. The minimum absolute atomic E-state index is 0.157. The van der Waals surface area contributed by atoms with Crippen LogP contribution in [0, 0.1) is 5.82 Å². The van der Waals surface area contributed by atoms with Crippen molar-refractivity contribution in [3.63, 3.8) is 0 Å². The molecule has 1 atom stereocenters. The van der Waals surface area contributed by atoms with Crippen molar-refractivity contribution in [3.8, 4) is 0 Å². The van der Waals surface area contributed by atoms with Gasteiger partial charge in [-0.05, 0) is 55.9 Å². The van der Waals surface area contributed by atoms with Crippen LogP contribution >= 0.6 is 0 Å². The maximum absolute atomic E-state index is 13.9. The number of likely N-dealkylation sites (tertiary alicyclic amines) is 1. The molecule has 0 aromatic carbocycles. The fourth-order valence-corrected chi connectivity index (χ4v) is 4.33. The van der Waals surface area contributed by atoms with Gasteiger partial charge in [0.05, 0.1) is 12.2 Å². The van der Waals surface area contributed by atoms with Crippen LogP contribution in [0.5, 0.6) is 0 Å². The minimum atomic E-state index is -0.255. The molecule has 1 aromatic heterocycles. The molecule has 0 N–H and O–H groups in total. The molecule has 1 aliphatic carbocycles. The second-order valence-electron chi connectivity index (χ2n) is 7.44. The number of amidine groups is 1. The molecule has 136 valence electrons. The maximum atomic E-state index is 13.9. The second-order valence-corrected chi connectivity index (χ2v) is 7.44. The molecule has 3 aliphatic heterocycles. The van der Waals surface area contributed by atoms with Gasteiger partial charge >= 0.3 is 0 Å². The topological polar surface area (TPSA) is 35.0 Å². The number of halogens is 1. The molecule has 0 amide bonds. The number of hydrogen-bond donors (Lipinski definition) is 0. The molecular weight excluding hydrogens is 329 g/mol. The number of aliphatic imine (C=N–C) groups is 1. The molecule has 0 spiro atoms. The van der Waals surface area contributed by atoms with Gasteiger partial charge in [0.2, 0.25) is 0 Å². The third-order valence-electron chi connectivity index (χ3n) is 5.75. The van der Waals surface area contributed by atoms with Crippen LogP contribution in [0.2, 0.25) is 0 Å². The van der Waals surface area contributed by atoms with E-state index in [2.05, 4.69) is 45.2 Å². The van der Waals surface area contributed by atoms with Crippen LogP contribution in [0.25, 0.3) is 0 Å². The van der Waals surface area contributed by atoms with Crippen molar-refractivity contribution in [2.75, 3.05) is 13.1 Å². The molecule has 5 rings (SSSR count). The van der Waals surface area contributed by atoms with E-state index < -0.39 is 0 Å². The fraction of sp³-hybridized carbons (Fsp3) is 0.500. The lowest BCUT2D eigenvalue weighted by Gasteiger charge is -2.33. The summed E-state index contributed by atoms with van der Waals surface area (Å²) in [5, 5.41) is 4.58. The van der Waals surface area contributed by atoms with Crippen molar-refractivity contribution < 1.29 is 4.39 Å². The first-order valence-electron chi connectivity index (χ1n) is 9.68. The fourth-order valence-electron chi connectivity index (χ4n) is 4.33. The third kappa shape index (κ3) is 2.63. The maximum Gasteiger partial charge on any atom is 0.146 e. The van der Waals surface area contributed by atoms with Gasteiger partial charge in [0, 0.05) is 31.0 Å². The van der Waals surface area contributed by atoms with Gasteiger partial charge in [-0.15, -0.1) is 0 Å². The van der Waals surface area contributed by atoms with Crippen molar-refractivity contribution in [2.24, 2.45) is 4.99 Å². The van der Waals surface area contributed by atoms with Crippen LogP contribution in [0.4, 0.5) is 4.39 Å². The number of hydrazine groups is 1. The molecule has 6 heteroatoms. The summed E-state index contributed by atoms with van der Waals surface area (Å²) in [7, 11) is 0. The highest BCUT2D eigenvalue weighted by Gasteiger charge is 2.38. The van der Waals surface area contributed by atoms with Crippen LogP contribution < -0.4 is 0 Å². The van der Waals surface area contributed by atoms with E-state index in [0.29, 0.717) is 6.04 Å². The zero-order valence-corrected chi connectivity index (χ0v) is 15.1.